The molecular weight excluding hydrogens is 369 g/mol. The summed E-state index contributed by atoms with van der Waals surface area (Å²) >= 11 is 5.90. The molecule has 0 aliphatic carbocycles. The summed E-state index contributed by atoms with van der Waals surface area (Å²) in [4.78, 5) is 19.9. The van der Waals surface area contributed by atoms with E-state index in [-0.39, 0.29) is 23.5 Å². The first kappa shape index (κ1) is 21.3. The molecular formula is C19H29ClFN5O. The summed E-state index contributed by atoms with van der Waals surface area (Å²) in [5, 5.41) is 6.83. The monoisotopic (exact) mass is 397 g/mol. The molecule has 150 valence electrons. The van der Waals surface area contributed by atoms with Gasteiger partial charge < -0.3 is 20.4 Å². The summed E-state index contributed by atoms with van der Waals surface area (Å²) in [6, 6.07) is 4.97. The Balaban J connectivity index is 1.98. The molecule has 6 nitrogen and oxygen atoms in total. The number of rotatable bonds is 6. The van der Waals surface area contributed by atoms with Crippen LogP contribution >= 0.6 is 11.6 Å². The van der Waals surface area contributed by atoms with Gasteiger partial charge in [-0.25, -0.2) is 9.38 Å². The number of hydrogen-bond acceptors (Lipinski definition) is 3. The summed E-state index contributed by atoms with van der Waals surface area (Å²) < 4.78 is 13.4. The Hall–Kier alpha value is -2.02. The van der Waals surface area contributed by atoms with Crippen molar-refractivity contribution in [2.75, 3.05) is 45.2 Å². The molecule has 0 aromatic heterocycles. The van der Waals surface area contributed by atoms with E-state index in [0.717, 1.165) is 31.7 Å². The van der Waals surface area contributed by atoms with Crippen molar-refractivity contribution in [2.45, 2.75) is 26.3 Å². The van der Waals surface area contributed by atoms with Gasteiger partial charge in [0.1, 0.15) is 12.4 Å². The van der Waals surface area contributed by atoms with Crippen LogP contribution in [0.1, 0.15) is 20.3 Å². The topological polar surface area (TPSA) is 60.0 Å². The zero-order valence-electron chi connectivity index (χ0n) is 16.4. The molecule has 1 amide bonds. The number of halogens is 2. The SMILES string of the molecule is CC(C)CNC(=NCC(=O)N(C)C)NC1CCN(c2ccc(F)c(Cl)c2)C1. The number of anilines is 1. The van der Waals surface area contributed by atoms with Gasteiger partial charge in [0.25, 0.3) is 0 Å². The van der Waals surface area contributed by atoms with Gasteiger partial charge in [0.05, 0.1) is 5.02 Å². The number of benzene rings is 1. The number of nitrogens with zero attached hydrogens (tertiary/aromatic N) is 3. The van der Waals surface area contributed by atoms with Gasteiger partial charge in [-0.05, 0) is 30.5 Å². The predicted octanol–water partition coefficient (Wildman–Crippen LogP) is 2.34. The Morgan fingerprint density at radius 3 is 2.81 bits per heavy atom. The van der Waals surface area contributed by atoms with Crippen molar-refractivity contribution in [3.05, 3.63) is 29.0 Å². The number of nitrogens with one attached hydrogen (secondary N) is 2. The van der Waals surface area contributed by atoms with Gasteiger partial charge in [-0.15, -0.1) is 0 Å². The van der Waals surface area contributed by atoms with Crippen molar-refractivity contribution in [2.24, 2.45) is 10.9 Å². The molecule has 1 aromatic carbocycles. The highest BCUT2D eigenvalue weighted by Crippen LogP contribution is 2.25. The van der Waals surface area contributed by atoms with E-state index >= 15 is 0 Å². The Bertz CT molecular complexity index is 680. The summed E-state index contributed by atoms with van der Waals surface area (Å²) in [7, 11) is 3.43. The Labute approximate surface area is 165 Å². The number of carbonyl (C=O) groups excluding carboxylic acids is 1. The van der Waals surface area contributed by atoms with E-state index in [2.05, 4.69) is 34.4 Å². The van der Waals surface area contributed by atoms with Gasteiger partial charge in [-0.3, -0.25) is 4.79 Å². The average Bonchev–Trinajstić information content (AvgIpc) is 3.07. The third-order valence-electron chi connectivity index (χ3n) is 4.35. The molecule has 27 heavy (non-hydrogen) atoms. The highest BCUT2D eigenvalue weighted by atomic mass is 35.5. The summed E-state index contributed by atoms with van der Waals surface area (Å²) in [6.45, 7) is 6.70. The number of amides is 1. The zero-order valence-corrected chi connectivity index (χ0v) is 17.2. The number of aliphatic imine (C=N–C) groups is 1. The van der Waals surface area contributed by atoms with E-state index in [1.54, 1.807) is 26.2 Å². The van der Waals surface area contributed by atoms with Gasteiger partial charge in [0.2, 0.25) is 5.91 Å². The fraction of sp³-hybridized carbons (Fsp3) is 0.579. The van der Waals surface area contributed by atoms with Crippen molar-refractivity contribution in [1.82, 2.24) is 15.5 Å². The predicted molar refractivity (Wildman–Crippen MR) is 109 cm³/mol. The van der Waals surface area contributed by atoms with E-state index in [9.17, 15) is 9.18 Å². The second-order valence-corrected chi connectivity index (χ2v) is 7.81. The maximum Gasteiger partial charge on any atom is 0.243 e. The Morgan fingerprint density at radius 1 is 1.44 bits per heavy atom. The van der Waals surface area contributed by atoms with Gasteiger partial charge >= 0.3 is 0 Å². The molecule has 1 aliphatic heterocycles. The normalized spacial score (nSPS) is 17.4. The van der Waals surface area contributed by atoms with E-state index in [4.69, 9.17) is 11.6 Å². The van der Waals surface area contributed by atoms with Crippen LogP contribution in [0.5, 0.6) is 0 Å². The van der Waals surface area contributed by atoms with Crippen molar-refractivity contribution in [1.29, 1.82) is 0 Å². The lowest BCUT2D eigenvalue weighted by atomic mass is 10.2. The quantitative estimate of drug-likeness (QED) is 0.571. The van der Waals surface area contributed by atoms with Crippen LogP contribution in [0.15, 0.2) is 23.2 Å². The first-order valence-electron chi connectivity index (χ1n) is 9.21. The maximum atomic E-state index is 13.4. The maximum absolute atomic E-state index is 13.4. The van der Waals surface area contributed by atoms with Gasteiger partial charge in [0, 0.05) is 45.5 Å². The number of carbonyl (C=O) groups is 1. The first-order chi connectivity index (χ1) is 12.8. The second-order valence-electron chi connectivity index (χ2n) is 7.40. The van der Waals surface area contributed by atoms with E-state index in [0.29, 0.717) is 11.9 Å². The molecule has 0 spiro atoms. The van der Waals surface area contributed by atoms with Crippen molar-refractivity contribution in [3.63, 3.8) is 0 Å². The number of hydrogen-bond donors (Lipinski definition) is 2. The first-order valence-corrected chi connectivity index (χ1v) is 9.59. The summed E-state index contributed by atoms with van der Waals surface area (Å²) in [6.07, 6.45) is 0.916. The Morgan fingerprint density at radius 2 is 2.19 bits per heavy atom. The van der Waals surface area contributed by atoms with Crippen LogP contribution in [0, 0.1) is 11.7 Å². The lowest BCUT2D eigenvalue weighted by molar-refractivity contribution is -0.127. The molecule has 1 unspecified atom stereocenters. The molecule has 0 bridgehead atoms. The fourth-order valence-electron chi connectivity index (χ4n) is 2.73. The van der Waals surface area contributed by atoms with Crippen LogP contribution in [0.4, 0.5) is 10.1 Å². The molecule has 1 heterocycles. The number of likely N-dealkylation sites (N-methyl/N-ethyl adjacent to an activating group) is 1. The molecule has 0 saturated carbocycles. The molecule has 2 rings (SSSR count). The number of guanidine groups is 1. The van der Waals surface area contributed by atoms with Gasteiger partial charge in [-0.2, -0.15) is 0 Å². The molecule has 1 fully saturated rings. The van der Waals surface area contributed by atoms with Gasteiger partial charge in [-0.1, -0.05) is 25.4 Å². The second kappa shape index (κ2) is 9.78. The van der Waals surface area contributed by atoms with Crippen LogP contribution in [0.3, 0.4) is 0 Å². The highest BCUT2D eigenvalue weighted by Gasteiger charge is 2.24. The largest absolute Gasteiger partial charge is 0.369 e. The fourth-order valence-corrected chi connectivity index (χ4v) is 2.90. The zero-order chi connectivity index (χ0) is 20.0. The average molecular weight is 398 g/mol. The molecule has 1 aromatic rings. The van der Waals surface area contributed by atoms with Crippen molar-refractivity contribution < 1.29 is 9.18 Å². The Kier molecular flexibility index (Phi) is 7.71. The lowest BCUT2D eigenvalue weighted by Crippen LogP contribution is -2.46. The molecule has 8 heteroatoms. The lowest BCUT2D eigenvalue weighted by Gasteiger charge is -2.21. The molecule has 2 N–H and O–H groups in total. The molecule has 1 aliphatic rings. The minimum atomic E-state index is -0.410. The smallest absolute Gasteiger partial charge is 0.243 e. The van der Waals surface area contributed by atoms with Crippen LogP contribution in [0.2, 0.25) is 5.02 Å². The van der Waals surface area contributed by atoms with E-state index in [1.807, 2.05) is 0 Å². The highest BCUT2D eigenvalue weighted by molar-refractivity contribution is 6.31. The minimum absolute atomic E-state index is 0.0466. The summed E-state index contributed by atoms with van der Waals surface area (Å²) in [5.74, 6) is 0.646. The molecule has 0 radical (unpaired) electrons. The van der Waals surface area contributed by atoms with E-state index < -0.39 is 5.82 Å². The van der Waals surface area contributed by atoms with Crippen LogP contribution < -0.4 is 15.5 Å². The third kappa shape index (κ3) is 6.57. The van der Waals surface area contributed by atoms with Crippen molar-refractivity contribution >= 4 is 29.2 Å². The summed E-state index contributed by atoms with van der Waals surface area (Å²) in [5.41, 5.74) is 0.905. The molecule has 1 atom stereocenters. The standard InChI is InChI=1S/C19H29ClFN5O/c1-13(2)10-22-19(23-11-18(27)25(3)4)24-14-7-8-26(12-14)15-5-6-17(21)16(20)9-15/h5-6,9,13-14H,7-8,10-12H2,1-4H3,(H2,22,23,24). The van der Waals surface area contributed by atoms with Gasteiger partial charge in [0.15, 0.2) is 5.96 Å². The van der Waals surface area contributed by atoms with Crippen LogP contribution in [-0.2, 0) is 4.79 Å². The van der Waals surface area contributed by atoms with Crippen LogP contribution in [0.25, 0.3) is 0 Å². The van der Waals surface area contributed by atoms with Crippen LogP contribution in [-0.4, -0.2) is 63.1 Å². The minimum Gasteiger partial charge on any atom is -0.369 e. The van der Waals surface area contributed by atoms with Crippen molar-refractivity contribution in [3.8, 4) is 0 Å². The van der Waals surface area contributed by atoms with E-state index in [1.165, 1.54) is 11.0 Å². The molecule has 1 saturated heterocycles. The third-order valence-corrected chi connectivity index (χ3v) is 4.64.